The van der Waals surface area contributed by atoms with Gasteiger partial charge in [0, 0.05) is 5.69 Å². The fourth-order valence-corrected chi connectivity index (χ4v) is 3.89. The monoisotopic (exact) mass is 424 g/mol. The van der Waals surface area contributed by atoms with Crippen molar-refractivity contribution in [3.05, 3.63) is 65.7 Å². The van der Waals surface area contributed by atoms with E-state index in [1.807, 2.05) is 42.5 Å². The number of esters is 1. The summed E-state index contributed by atoms with van der Waals surface area (Å²) in [6.07, 6.45) is 2.07. The van der Waals surface area contributed by atoms with E-state index in [-0.39, 0.29) is 19.1 Å². The van der Waals surface area contributed by atoms with E-state index in [0.29, 0.717) is 31.4 Å². The van der Waals surface area contributed by atoms with Crippen molar-refractivity contribution in [3.8, 4) is 0 Å². The van der Waals surface area contributed by atoms with Gasteiger partial charge in [0.05, 0.1) is 13.2 Å². The van der Waals surface area contributed by atoms with Gasteiger partial charge in [0.15, 0.2) is 0 Å². The molecule has 164 valence electrons. The Balaban J connectivity index is 1.71. The second-order valence-corrected chi connectivity index (χ2v) is 7.49. The normalized spacial score (nSPS) is 16.3. The van der Waals surface area contributed by atoms with E-state index in [1.165, 1.54) is 4.90 Å². The van der Waals surface area contributed by atoms with E-state index >= 15 is 0 Å². The van der Waals surface area contributed by atoms with Crippen LogP contribution in [0.15, 0.2) is 54.6 Å². The SMILES string of the molecule is CCOC(=O)C(CCc1ccccc1)NCC(=O)N1c2ccccc2CCC1C(=O)O. The predicted octanol–water partition coefficient (Wildman–Crippen LogP) is 2.57. The molecule has 1 heterocycles. The molecule has 2 atom stereocenters. The number of carbonyl (C=O) groups excluding carboxylic acids is 2. The molecule has 0 spiro atoms. The van der Waals surface area contributed by atoms with Crippen molar-refractivity contribution >= 4 is 23.5 Å². The molecule has 2 unspecified atom stereocenters. The zero-order valence-electron chi connectivity index (χ0n) is 17.6. The number of carboxylic acid groups (broad SMARTS) is 1. The number of nitrogens with one attached hydrogen (secondary N) is 1. The third kappa shape index (κ3) is 5.70. The quantitative estimate of drug-likeness (QED) is 0.601. The summed E-state index contributed by atoms with van der Waals surface area (Å²) in [5.41, 5.74) is 2.64. The number of anilines is 1. The number of carboxylic acids is 1. The number of benzene rings is 2. The number of para-hydroxylation sites is 1. The van der Waals surface area contributed by atoms with Crippen LogP contribution >= 0.6 is 0 Å². The Kier molecular flexibility index (Phi) is 7.78. The summed E-state index contributed by atoms with van der Waals surface area (Å²) in [6.45, 7) is 1.83. The summed E-state index contributed by atoms with van der Waals surface area (Å²) in [6, 6.07) is 15.5. The second-order valence-electron chi connectivity index (χ2n) is 7.49. The lowest BCUT2D eigenvalue weighted by Crippen LogP contribution is -2.52. The summed E-state index contributed by atoms with van der Waals surface area (Å²) in [5, 5.41) is 12.6. The largest absolute Gasteiger partial charge is 0.480 e. The number of hydrogen-bond donors (Lipinski definition) is 2. The van der Waals surface area contributed by atoms with Gasteiger partial charge in [0.2, 0.25) is 5.91 Å². The third-order valence-corrected chi connectivity index (χ3v) is 5.44. The van der Waals surface area contributed by atoms with Crippen LogP contribution in [-0.4, -0.2) is 48.2 Å². The Morgan fingerprint density at radius 3 is 2.55 bits per heavy atom. The molecule has 2 aromatic carbocycles. The maximum atomic E-state index is 13.1. The first-order valence-electron chi connectivity index (χ1n) is 10.6. The fraction of sp³-hybridized carbons (Fsp3) is 0.375. The van der Waals surface area contributed by atoms with Crippen LogP contribution in [0.1, 0.15) is 30.9 Å². The van der Waals surface area contributed by atoms with Gasteiger partial charge in [0.1, 0.15) is 12.1 Å². The molecule has 0 aliphatic carbocycles. The molecular formula is C24H28N2O5. The molecular weight excluding hydrogens is 396 g/mol. The van der Waals surface area contributed by atoms with Crippen LogP contribution in [0.2, 0.25) is 0 Å². The number of carbonyl (C=O) groups is 3. The predicted molar refractivity (Wildman–Crippen MR) is 117 cm³/mol. The van der Waals surface area contributed by atoms with Gasteiger partial charge >= 0.3 is 11.9 Å². The van der Waals surface area contributed by atoms with Gasteiger partial charge in [-0.1, -0.05) is 48.5 Å². The summed E-state index contributed by atoms with van der Waals surface area (Å²) in [7, 11) is 0. The molecule has 0 saturated carbocycles. The molecule has 7 heteroatoms. The molecule has 1 amide bonds. The first-order chi connectivity index (χ1) is 15.0. The van der Waals surface area contributed by atoms with Crippen molar-refractivity contribution in [2.45, 2.75) is 44.7 Å². The number of amides is 1. The molecule has 2 N–H and O–H groups in total. The zero-order valence-corrected chi connectivity index (χ0v) is 17.6. The highest BCUT2D eigenvalue weighted by molar-refractivity contribution is 6.01. The molecule has 1 aliphatic rings. The highest BCUT2D eigenvalue weighted by atomic mass is 16.5. The summed E-state index contributed by atoms with van der Waals surface area (Å²) in [4.78, 5) is 38.6. The van der Waals surface area contributed by atoms with Gasteiger partial charge in [0.25, 0.3) is 0 Å². The zero-order chi connectivity index (χ0) is 22.2. The highest BCUT2D eigenvalue weighted by Gasteiger charge is 2.35. The fourth-order valence-electron chi connectivity index (χ4n) is 3.89. The van der Waals surface area contributed by atoms with Crippen LogP contribution in [0.25, 0.3) is 0 Å². The van der Waals surface area contributed by atoms with Crippen LogP contribution in [-0.2, 0) is 32.0 Å². The highest BCUT2D eigenvalue weighted by Crippen LogP contribution is 2.30. The van der Waals surface area contributed by atoms with Gasteiger partial charge in [-0.25, -0.2) is 4.79 Å². The lowest BCUT2D eigenvalue weighted by atomic mass is 9.95. The minimum atomic E-state index is -1.03. The first-order valence-corrected chi connectivity index (χ1v) is 10.6. The third-order valence-electron chi connectivity index (χ3n) is 5.44. The Bertz CT molecular complexity index is 915. The van der Waals surface area contributed by atoms with Crippen LogP contribution in [0.5, 0.6) is 0 Å². The number of ether oxygens (including phenoxy) is 1. The van der Waals surface area contributed by atoms with Gasteiger partial charge in [-0.15, -0.1) is 0 Å². The number of nitrogens with zero attached hydrogens (tertiary/aromatic N) is 1. The molecule has 0 aromatic heterocycles. The van der Waals surface area contributed by atoms with Gasteiger partial charge in [-0.2, -0.15) is 0 Å². The average molecular weight is 424 g/mol. The maximum absolute atomic E-state index is 13.1. The molecule has 2 aromatic rings. The van der Waals surface area contributed by atoms with E-state index in [9.17, 15) is 19.5 Å². The lowest BCUT2D eigenvalue weighted by molar-refractivity contribution is -0.146. The summed E-state index contributed by atoms with van der Waals surface area (Å²) in [5.74, 6) is -1.83. The van der Waals surface area contributed by atoms with E-state index in [1.54, 1.807) is 19.1 Å². The second kappa shape index (κ2) is 10.7. The Morgan fingerprint density at radius 2 is 1.84 bits per heavy atom. The first kappa shape index (κ1) is 22.5. The molecule has 0 saturated heterocycles. The van der Waals surface area contributed by atoms with E-state index in [0.717, 1.165) is 11.1 Å². The van der Waals surface area contributed by atoms with Gasteiger partial charge in [-0.05, 0) is 49.8 Å². The Hall–Kier alpha value is -3.19. The molecule has 0 radical (unpaired) electrons. The van der Waals surface area contributed by atoms with Gasteiger partial charge < -0.3 is 9.84 Å². The van der Waals surface area contributed by atoms with Gasteiger partial charge in [-0.3, -0.25) is 19.8 Å². The number of rotatable bonds is 9. The Labute approximate surface area is 182 Å². The molecule has 31 heavy (non-hydrogen) atoms. The topological polar surface area (TPSA) is 95.9 Å². The van der Waals surface area contributed by atoms with Crippen molar-refractivity contribution in [1.29, 1.82) is 0 Å². The van der Waals surface area contributed by atoms with Crippen LogP contribution in [0.4, 0.5) is 5.69 Å². The van der Waals surface area contributed by atoms with Crippen LogP contribution in [0.3, 0.4) is 0 Å². The van der Waals surface area contributed by atoms with Crippen LogP contribution < -0.4 is 10.2 Å². The van der Waals surface area contributed by atoms with E-state index in [4.69, 9.17) is 4.74 Å². The summed E-state index contributed by atoms with van der Waals surface area (Å²) >= 11 is 0. The number of fused-ring (bicyclic) bond motifs is 1. The van der Waals surface area contributed by atoms with Crippen molar-refractivity contribution in [2.24, 2.45) is 0 Å². The molecule has 0 fully saturated rings. The average Bonchev–Trinajstić information content (AvgIpc) is 2.78. The van der Waals surface area contributed by atoms with E-state index in [2.05, 4.69) is 5.32 Å². The van der Waals surface area contributed by atoms with Crippen molar-refractivity contribution in [3.63, 3.8) is 0 Å². The standard InChI is InChI=1S/C24H28N2O5/c1-2-31-24(30)19(14-12-17-8-4-3-5-9-17)25-16-22(27)26-20-11-7-6-10-18(20)13-15-21(26)23(28)29/h3-11,19,21,25H,2,12-16H2,1H3,(H,28,29). The van der Waals surface area contributed by atoms with Crippen molar-refractivity contribution in [2.75, 3.05) is 18.1 Å². The number of hydrogen-bond acceptors (Lipinski definition) is 5. The number of aliphatic carboxylic acids is 1. The van der Waals surface area contributed by atoms with Crippen molar-refractivity contribution < 1.29 is 24.2 Å². The smallest absolute Gasteiger partial charge is 0.326 e. The molecule has 0 bridgehead atoms. The number of aryl methyl sites for hydroxylation is 2. The van der Waals surface area contributed by atoms with Crippen LogP contribution in [0, 0.1) is 0 Å². The summed E-state index contributed by atoms with van der Waals surface area (Å²) < 4.78 is 5.17. The minimum Gasteiger partial charge on any atom is -0.480 e. The van der Waals surface area contributed by atoms with Crippen molar-refractivity contribution in [1.82, 2.24) is 5.32 Å². The molecule has 7 nitrogen and oxygen atoms in total. The molecule has 1 aliphatic heterocycles. The lowest BCUT2D eigenvalue weighted by Gasteiger charge is -2.35. The molecule has 3 rings (SSSR count). The minimum absolute atomic E-state index is 0.156. The Morgan fingerprint density at radius 1 is 1.13 bits per heavy atom. The maximum Gasteiger partial charge on any atom is 0.326 e. The van der Waals surface area contributed by atoms with E-state index < -0.39 is 24.0 Å².